The van der Waals surface area contributed by atoms with Crippen molar-refractivity contribution in [2.75, 3.05) is 32.1 Å². The van der Waals surface area contributed by atoms with Gasteiger partial charge in [0.05, 0.1) is 13.2 Å². The molecule has 0 radical (unpaired) electrons. The third-order valence-corrected chi connectivity index (χ3v) is 2.80. The molecule has 1 aromatic heterocycles. The Kier molecular flexibility index (Phi) is 5.34. The van der Waals surface area contributed by atoms with E-state index in [1.807, 2.05) is 53.4 Å². The van der Waals surface area contributed by atoms with Crippen molar-refractivity contribution >= 4 is 11.6 Å². The Labute approximate surface area is 118 Å². The zero-order chi connectivity index (χ0) is 14.2. The van der Waals surface area contributed by atoms with Crippen LogP contribution in [0.4, 0.5) is 5.69 Å². The Morgan fingerprint density at radius 2 is 2.05 bits per heavy atom. The monoisotopic (exact) mass is 273 g/mol. The molecule has 0 atom stereocenters. The summed E-state index contributed by atoms with van der Waals surface area (Å²) in [6.07, 6.45) is 3.93. The fraction of sp³-hybridized carbons (Fsp3) is 0.267. The number of carbonyl (C=O) groups excluding carboxylic acids is 1. The van der Waals surface area contributed by atoms with Gasteiger partial charge in [0.25, 0.3) is 0 Å². The van der Waals surface area contributed by atoms with E-state index in [0.29, 0.717) is 13.2 Å². The summed E-state index contributed by atoms with van der Waals surface area (Å²) in [5, 5.41) is 5.87. The summed E-state index contributed by atoms with van der Waals surface area (Å²) < 4.78 is 6.89. The summed E-state index contributed by atoms with van der Waals surface area (Å²) in [4.78, 5) is 11.8. The summed E-state index contributed by atoms with van der Waals surface area (Å²) in [7, 11) is 1.63. The Balaban J connectivity index is 1.90. The van der Waals surface area contributed by atoms with Crippen LogP contribution in [-0.4, -0.2) is 37.3 Å². The highest BCUT2D eigenvalue weighted by atomic mass is 16.5. The van der Waals surface area contributed by atoms with E-state index in [2.05, 4.69) is 10.6 Å². The maximum atomic E-state index is 11.8. The molecule has 0 fully saturated rings. The summed E-state index contributed by atoms with van der Waals surface area (Å²) in [6, 6.07) is 11.7. The van der Waals surface area contributed by atoms with Crippen LogP contribution in [0.5, 0.6) is 0 Å². The highest BCUT2D eigenvalue weighted by Gasteiger charge is 2.03. The SMILES string of the molecule is COCCNCC(=O)Nc1cccc(-n2cccc2)c1. The Bertz CT molecular complexity index is 538. The number of hydrogen-bond donors (Lipinski definition) is 2. The average molecular weight is 273 g/mol. The van der Waals surface area contributed by atoms with Crippen molar-refractivity contribution in [3.05, 3.63) is 48.8 Å². The number of aromatic nitrogens is 1. The van der Waals surface area contributed by atoms with Crippen LogP contribution in [0.2, 0.25) is 0 Å². The fourth-order valence-corrected chi connectivity index (χ4v) is 1.83. The van der Waals surface area contributed by atoms with Crippen molar-refractivity contribution in [1.82, 2.24) is 9.88 Å². The van der Waals surface area contributed by atoms with Crippen molar-refractivity contribution < 1.29 is 9.53 Å². The van der Waals surface area contributed by atoms with Gasteiger partial charge in [0, 0.05) is 37.4 Å². The maximum absolute atomic E-state index is 11.8. The molecule has 2 rings (SSSR count). The largest absolute Gasteiger partial charge is 0.383 e. The van der Waals surface area contributed by atoms with Crippen molar-refractivity contribution in [1.29, 1.82) is 0 Å². The Morgan fingerprint density at radius 3 is 2.80 bits per heavy atom. The number of benzene rings is 1. The Hall–Kier alpha value is -2.11. The number of rotatable bonds is 7. The first-order chi connectivity index (χ1) is 9.79. The molecule has 1 heterocycles. The molecule has 0 unspecified atom stereocenters. The van der Waals surface area contributed by atoms with Crippen molar-refractivity contribution in [2.45, 2.75) is 0 Å². The smallest absolute Gasteiger partial charge is 0.238 e. The first-order valence-corrected chi connectivity index (χ1v) is 6.52. The average Bonchev–Trinajstić information content (AvgIpc) is 2.98. The second kappa shape index (κ2) is 7.47. The standard InChI is InChI=1S/C15H19N3O2/c1-20-10-7-16-12-15(19)17-13-5-4-6-14(11-13)18-8-2-3-9-18/h2-6,8-9,11,16H,7,10,12H2,1H3,(H,17,19). The number of nitrogens with one attached hydrogen (secondary N) is 2. The zero-order valence-corrected chi connectivity index (χ0v) is 11.5. The van der Waals surface area contributed by atoms with E-state index in [4.69, 9.17) is 4.74 Å². The third-order valence-electron chi connectivity index (χ3n) is 2.80. The van der Waals surface area contributed by atoms with Gasteiger partial charge in [-0.3, -0.25) is 4.79 Å². The summed E-state index contributed by atoms with van der Waals surface area (Å²) in [6.45, 7) is 1.53. The lowest BCUT2D eigenvalue weighted by molar-refractivity contribution is -0.115. The number of hydrogen-bond acceptors (Lipinski definition) is 3. The van der Waals surface area contributed by atoms with Gasteiger partial charge < -0.3 is 19.9 Å². The lowest BCUT2D eigenvalue weighted by Gasteiger charge is -2.09. The first-order valence-electron chi connectivity index (χ1n) is 6.52. The lowest BCUT2D eigenvalue weighted by Crippen LogP contribution is -2.30. The lowest BCUT2D eigenvalue weighted by atomic mass is 10.2. The molecule has 2 N–H and O–H groups in total. The number of ether oxygens (including phenoxy) is 1. The van der Waals surface area contributed by atoms with Gasteiger partial charge in [0.15, 0.2) is 0 Å². The second-order valence-electron chi connectivity index (χ2n) is 4.36. The molecular formula is C15H19N3O2. The third kappa shape index (κ3) is 4.22. The molecule has 0 saturated carbocycles. The van der Waals surface area contributed by atoms with Gasteiger partial charge in [-0.2, -0.15) is 0 Å². The molecular weight excluding hydrogens is 254 g/mol. The highest BCUT2D eigenvalue weighted by molar-refractivity contribution is 5.92. The second-order valence-corrected chi connectivity index (χ2v) is 4.36. The number of anilines is 1. The minimum Gasteiger partial charge on any atom is -0.383 e. The normalized spacial score (nSPS) is 10.4. The van der Waals surface area contributed by atoms with Crippen LogP contribution in [-0.2, 0) is 9.53 Å². The van der Waals surface area contributed by atoms with E-state index in [-0.39, 0.29) is 12.5 Å². The summed E-state index contributed by atoms with van der Waals surface area (Å²) in [5.41, 5.74) is 1.80. The van der Waals surface area contributed by atoms with Gasteiger partial charge in [0.2, 0.25) is 5.91 Å². The predicted molar refractivity (Wildman–Crippen MR) is 79.1 cm³/mol. The van der Waals surface area contributed by atoms with Gasteiger partial charge in [0.1, 0.15) is 0 Å². The van der Waals surface area contributed by atoms with Crippen LogP contribution in [0.3, 0.4) is 0 Å². The van der Waals surface area contributed by atoms with Gasteiger partial charge in [-0.15, -0.1) is 0 Å². The maximum Gasteiger partial charge on any atom is 0.238 e. The first kappa shape index (κ1) is 14.3. The molecule has 1 aromatic carbocycles. The molecule has 5 nitrogen and oxygen atoms in total. The molecule has 106 valence electrons. The molecule has 0 saturated heterocycles. The van der Waals surface area contributed by atoms with E-state index in [1.54, 1.807) is 7.11 Å². The summed E-state index contributed by atoms with van der Waals surface area (Å²) in [5.74, 6) is -0.0641. The van der Waals surface area contributed by atoms with E-state index >= 15 is 0 Å². The Morgan fingerprint density at radius 1 is 1.25 bits per heavy atom. The van der Waals surface area contributed by atoms with Crippen LogP contribution in [0.15, 0.2) is 48.8 Å². The van der Waals surface area contributed by atoms with Crippen LogP contribution in [0, 0.1) is 0 Å². The molecule has 0 bridgehead atoms. The van der Waals surface area contributed by atoms with E-state index in [0.717, 1.165) is 11.4 Å². The molecule has 0 aliphatic rings. The van der Waals surface area contributed by atoms with E-state index in [9.17, 15) is 4.79 Å². The van der Waals surface area contributed by atoms with E-state index < -0.39 is 0 Å². The summed E-state index contributed by atoms with van der Waals surface area (Å²) >= 11 is 0. The van der Waals surface area contributed by atoms with Gasteiger partial charge >= 0.3 is 0 Å². The molecule has 20 heavy (non-hydrogen) atoms. The molecule has 5 heteroatoms. The van der Waals surface area contributed by atoms with Crippen LogP contribution < -0.4 is 10.6 Å². The van der Waals surface area contributed by atoms with Crippen LogP contribution in [0.25, 0.3) is 5.69 Å². The van der Waals surface area contributed by atoms with Gasteiger partial charge in [-0.05, 0) is 30.3 Å². The van der Waals surface area contributed by atoms with Gasteiger partial charge in [-0.1, -0.05) is 6.07 Å². The molecule has 0 aliphatic carbocycles. The minimum absolute atomic E-state index is 0.0641. The highest BCUT2D eigenvalue weighted by Crippen LogP contribution is 2.14. The number of nitrogens with zero attached hydrogens (tertiary/aromatic N) is 1. The van der Waals surface area contributed by atoms with Crippen molar-refractivity contribution in [3.8, 4) is 5.69 Å². The fourth-order valence-electron chi connectivity index (χ4n) is 1.83. The predicted octanol–water partition coefficient (Wildman–Crippen LogP) is 1.65. The van der Waals surface area contributed by atoms with Gasteiger partial charge in [-0.25, -0.2) is 0 Å². The zero-order valence-electron chi connectivity index (χ0n) is 11.5. The van der Waals surface area contributed by atoms with Crippen molar-refractivity contribution in [3.63, 3.8) is 0 Å². The number of amides is 1. The topological polar surface area (TPSA) is 55.3 Å². The molecule has 1 amide bonds. The number of carbonyl (C=O) groups is 1. The number of methoxy groups -OCH3 is 1. The van der Waals surface area contributed by atoms with E-state index in [1.165, 1.54) is 0 Å². The molecule has 0 spiro atoms. The quantitative estimate of drug-likeness (QED) is 0.754. The molecule has 0 aliphatic heterocycles. The minimum atomic E-state index is -0.0641. The van der Waals surface area contributed by atoms with Crippen LogP contribution in [0.1, 0.15) is 0 Å². The van der Waals surface area contributed by atoms with Crippen molar-refractivity contribution in [2.24, 2.45) is 0 Å². The molecule has 2 aromatic rings. The van der Waals surface area contributed by atoms with Crippen LogP contribution >= 0.6 is 0 Å².